The molecule has 0 radical (unpaired) electrons. The van der Waals surface area contributed by atoms with Crippen molar-refractivity contribution in [3.05, 3.63) is 54.1 Å². The molecule has 0 fully saturated rings. The molecular formula is C17H15NO2S. The van der Waals surface area contributed by atoms with Crippen molar-refractivity contribution < 1.29 is 9.47 Å². The second-order valence-electron chi connectivity index (χ2n) is 4.98. The summed E-state index contributed by atoms with van der Waals surface area (Å²) in [4.78, 5) is 4.68. The van der Waals surface area contributed by atoms with E-state index in [0.717, 1.165) is 27.1 Å². The van der Waals surface area contributed by atoms with Gasteiger partial charge in [-0.15, -0.1) is 0 Å². The molecule has 0 bridgehead atoms. The van der Waals surface area contributed by atoms with Gasteiger partial charge in [-0.3, -0.25) is 0 Å². The van der Waals surface area contributed by atoms with Crippen molar-refractivity contribution in [2.24, 2.45) is 0 Å². The fourth-order valence-electron chi connectivity index (χ4n) is 2.99. The molecule has 1 aliphatic rings. The largest absolute Gasteiger partial charge is 0.354 e. The molecule has 0 spiro atoms. The van der Waals surface area contributed by atoms with Crippen LogP contribution in [-0.2, 0) is 14.6 Å². The average Bonchev–Trinajstić information content (AvgIpc) is 2.94. The Morgan fingerprint density at radius 3 is 2.48 bits per heavy atom. The van der Waals surface area contributed by atoms with E-state index in [9.17, 15) is 0 Å². The van der Waals surface area contributed by atoms with E-state index in [1.165, 1.54) is 5.56 Å². The van der Waals surface area contributed by atoms with Crippen LogP contribution in [0.3, 0.4) is 0 Å². The molecule has 4 heteroatoms. The maximum absolute atomic E-state index is 5.80. The minimum absolute atomic E-state index is 0.816. The van der Waals surface area contributed by atoms with Gasteiger partial charge in [-0.1, -0.05) is 48.2 Å². The number of ether oxygens (including phenoxy) is 2. The van der Waals surface area contributed by atoms with Crippen LogP contribution in [0.15, 0.2) is 53.4 Å². The molecular weight excluding hydrogens is 282 g/mol. The SMILES string of the molecule is COC1(OC)Sc2ccccc2-c2[nH]c3ccccc3c21. The summed E-state index contributed by atoms with van der Waals surface area (Å²) in [5, 5.41) is 0.321. The van der Waals surface area contributed by atoms with Crippen LogP contribution in [-0.4, -0.2) is 19.2 Å². The highest BCUT2D eigenvalue weighted by atomic mass is 32.2. The number of H-pyrrole nitrogens is 1. The summed E-state index contributed by atoms with van der Waals surface area (Å²) in [5.74, 6) is 0. The van der Waals surface area contributed by atoms with Gasteiger partial charge >= 0.3 is 0 Å². The van der Waals surface area contributed by atoms with Gasteiger partial charge in [-0.2, -0.15) is 0 Å². The molecule has 0 saturated heterocycles. The Balaban J connectivity index is 2.13. The number of thioether (sulfide) groups is 1. The highest BCUT2D eigenvalue weighted by Gasteiger charge is 2.43. The first-order chi connectivity index (χ1) is 10.3. The second-order valence-corrected chi connectivity index (χ2v) is 6.16. The van der Waals surface area contributed by atoms with Crippen molar-refractivity contribution in [3.8, 4) is 11.3 Å². The number of nitrogens with one attached hydrogen (secondary N) is 1. The maximum atomic E-state index is 5.80. The van der Waals surface area contributed by atoms with Crippen LogP contribution in [0.5, 0.6) is 0 Å². The second kappa shape index (κ2) is 4.63. The van der Waals surface area contributed by atoms with E-state index < -0.39 is 5.12 Å². The van der Waals surface area contributed by atoms with Gasteiger partial charge in [0.15, 0.2) is 0 Å². The average molecular weight is 297 g/mol. The number of fused-ring (bicyclic) bond motifs is 5. The van der Waals surface area contributed by atoms with Gasteiger partial charge in [0.2, 0.25) is 0 Å². The summed E-state index contributed by atoms with van der Waals surface area (Å²) in [5.41, 5.74) is 4.43. The fourth-order valence-corrected chi connectivity index (χ4v) is 4.19. The molecule has 3 nitrogen and oxygen atoms in total. The third-order valence-electron chi connectivity index (χ3n) is 3.95. The van der Waals surface area contributed by atoms with Crippen molar-refractivity contribution in [1.82, 2.24) is 4.98 Å². The molecule has 1 N–H and O–H groups in total. The molecule has 0 saturated carbocycles. The van der Waals surface area contributed by atoms with E-state index in [-0.39, 0.29) is 0 Å². The van der Waals surface area contributed by atoms with E-state index in [1.807, 2.05) is 18.2 Å². The molecule has 1 aliphatic heterocycles. The number of para-hydroxylation sites is 1. The van der Waals surface area contributed by atoms with Gasteiger partial charge < -0.3 is 14.5 Å². The molecule has 3 aromatic rings. The lowest BCUT2D eigenvalue weighted by atomic mass is 10.0. The number of rotatable bonds is 2. The maximum Gasteiger partial charge on any atom is 0.252 e. The Labute approximate surface area is 127 Å². The summed E-state index contributed by atoms with van der Waals surface area (Å²) in [6, 6.07) is 16.6. The van der Waals surface area contributed by atoms with Crippen LogP contribution in [0, 0.1) is 0 Å². The summed E-state index contributed by atoms with van der Waals surface area (Å²) in [6.45, 7) is 0. The number of methoxy groups -OCH3 is 2. The summed E-state index contributed by atoms with van der Waals surface area (Å²) < 4.78 is 11.6. The molecule has 106 valence electrons. The standard InChI is InChI=1S/C17H15NO2S/c1-19-17(20-2)15-11-7-3-5-9-13(11)18-16(15)12-8-4-6-10-14(12)21-17/h3-10,18H,1-2H3. The third-order valence-corrected chi connectivity index (χ3v) is 5.33. The number of hydrogen-bond donors (Lipinski definition) is 1. The zero-order chi connectivity index (χ0) is 14.4. The number of benzene rings is 2. The Kier molecular flexibility index (Phi) is 2.85. The molecule has 2 aromatic carbocycles. The third kappa shape index (κ3) is 1.70. The fraction of sp³-hybridized carbons (Fsp3) is 0.176. The Morgan fingerprint density at radius 2 is 1.67 bits per heavy atom. The minimum Gasteiger partial charge on any atom is -0.354 e. The zero-order valence-electron chi connectivity index (χ0n) is 11.8. The van der Waals surface area contributed by atoms with Crippen LogP contribution in [0.4, 0.5) is 0 Å². The zero-order valence-corrected chi connectivity index (χ0v) is 12.7. The van der Waals surface area contributed by atoms with Crippen LogP contribution in [0.2, 0.25) is 0 Å². The molecule has 21 heavy (non-hydrogen) atoms. The molecule has 1 aromatic heterocycles. The van der Waals surface area contributed by atoms with Gasteiger partial charge in [-0.25, -0.2) is 0 Å². The van der Waals surface area contributed by atoms with Crippen molar-refractivity contribution in [2.75, 3.05) is 14.2 Å². The number of aromatic nitrogens is 1. The number of aromatic amines is 1. The number of hydrogen-bond acceptors (Lipinski definition) is 3. The first-order valence-electron chi connectivity index (χ1n) is 6.79. The molecule has 0 atom stereocenters. The first kappa shape index (κ1) is 13.0. The topological polar surface area (TPSA) is 34.2 Å². The van der Waals surface area contributed by atoms with Crippen LogP contribution in [0.1, 0.15) is 5.56 Å². The molecule has 2 heterocycles. The lowest BCUT2D eigenvalue weighted by Gasteiger charge is -2.34. The minimum atomic E-state index is -0.816. The first-order valence-corrected chi connectivity index (χ1v) is 7.60. The highest BCUT2D eigenvalue weighted by Crippen LogP contribution is 2.55. The predicted octanol–water partition coefficient (Wildman–Crippen LogP) is 4.34. The van der Waals surface area contributed by atoms with E-state index >= 15 is 0 Å². The molecule has 0 aliphatic carbocycles. The van der Waals surface area contributed by atoms with Gasteiger partial charge in [0.1, 0.15) is 0 Å². The van der Waals surface area contributed by atoms with E-state index in [4.69, 9.17) is 9.47 Å². The quantitative estimate of drug-likeness (QED) is 0.714. The lowest BCUT2D eigenvalue weighted by Crippen LogP contribution is -2.29. The van der Waals surface area contributed by atoms with Crippen molar-refractivity contribution in [1.29, 1.82) is 0 Å². The molecule has 4 rings (SSSR count). The van der Waals surface area contributed by atoms with Crippen molar-refractivity contribution in [3.63, 3.8) is 0 Å². The van der Waals surface area contributed by atoms with Crippen molar-refractivity contribution >= 4 is 22.7 Å². The van der Waals surface area contributed by atoms with Gasteiger partial charge in [0.05, 0.1) is 11.3 Å². The Morgan fingerprint density at radius 1 is 0.952 bits per heavy atom. The van der Waals surface area contributed by atoms with E-state index in [0.29, 0.717) is 0 Å². The van der Waals surface area contributed by atoms with Crippen LogP contribution in [0.25, 0.3) is 22.2 Å². The van der Waals surface area contributed by atoms with Gasteiger partial charge in [-0.05, 0) is 12.1 Å². The van der Waals surface area contributed by atoms with Crippen LogP contribution >= 0.6 is 11.8 Å². The van der Waals surface area contributed by atoms with E-state index in [2.05, 4.69) is 35.3 Å². The highest BCUT2D eigenvalue weighted by molar-refractivity contribution is 8.00. The lowest BCUT2D eigenvalue weighted by molar-refractivity contribution is -0.139. The van der Waals surface area contributed by atoms with Crippen LogP contribution < -0.4 is 0 Å². The summed E-state index contributed by atoms with van der Waals surface area (Å²) in [6.07, 6.45) is 0. The monoisotopic (exact) mass is 297 g/mol. The Bertz CT molecular complexity index is 821. The van der Waals surface area contributed by atoms with Gasteiger partial charge in [0.25, 0.3) is 5.12 Å². The summed E-state index contributed by atoms with van der Waals surface area (Å²) >= 11 is 1.60. The summed E-state index contributed by atoms with van der Waals surface area (Å²) in [7, 11) is 3.38. The van der Waals surface area contributed by atoms with Gasteiger partial charge in [0, 0.05) is 35.6 Å². The smallest absolute Gasteiger partial charge is 0.252 e. The molecule has 0 unspecified atom stereocenters. The Hall–Kier alpha value is -1.75. The normalized spacial score (nSPS) is 15.7. The predicted molar refractivity (Wildman–Crippen MR) is 85.3 cm³/mol. The van der Waals surface area contributed by atoms with Crippen molar-refractivity contribution in [2.45, 2.75) is 10.0 Å². The van der Waals surface area contributed by atoms with E-state index in [1.54, 1.807) is 26.0 Å². The molecule has 0 amide bonds.